The number of nitrogen functional groups attached to an aromatic ring is 1. The summed E-state index contributed by atoms with van der Waals surface area (Å²) in [5.74, 6) is 0. The van der Waals surface area contributed by atoms with Crippen LogP contribution in [0.5, 0.6) is 0 Å². The van der Waals surface area contributed by atoms with Crippen molar-refractivity contribution in [2.45, 2.75) is 17.4 Å². The number of rotatable bonds is 2. The second-order valence-electron chi connectivity index (χ2n) is 3.95. The van der Waals surface area contributed by atoms with Gasteiger partial charge in [-0.05, 0) is 37.2 Å². The summed E-state index contributed by atoms with van der Waals surface area (Å²) in [7, 11) is 1.50. The van der Waals surface area contributed by atoms with E-state index >= 15 is 0 Å². The minimum Gasteiger partial charge on any atom is -0.393 e. The molecule has 2 aromatic rings. The molecule has 0 spiro atoms. The van der Waals surface area contributed by atoms with Crippen molar-refractivity contribution in [3.8, 4) is 5.69 Å². The summed E-state index contributed by atoms with van der Waals surface area (Å²) < 4.78 is 41.0. The molecular weight excluding hydrogens is 319 g/mol. The zero-order valence-electron chi connectivity index (χ0n) is 11.9. The average Bonchev–Trinajstić information content (AvgIpc) is 2.81. The first-order valence-electron chi connectivity index (χ1n) is 5.93. The third kappa shape index (κ3) is 3.90. The van der Waals surface area contributed by atoms with Gasteiger partial charge in [0.15, 0.2) is 5.69 Å². The van der Waals surface area contributed by atoms with Gasteiger partial charge in [-0.2, -0.15) is 13.2 Å². The number of hydrogen-bond donors (Lipinski definition) is 2. The van der Waals surface area contributed by atoms with Crippen LogP contribution in [0.1, 0.15) is 11.3 Å². The SMILES string of the molecule is CN.CSc1scc(C)[n+]1-c1cc(C(F)(F)F)ccc1N. The topological polar surface area (TPSA) is 55.9 Å². The molecule has 0 aliphatic heterocycles. The molecule has 0 fully saturated rings. The smallest absolute Gasteiger partial charge is 0.393 e. The van der Waals surface area contributed by atoms with Crippen molar-refractivity contribution in [2.24, 2.45) is 5.73 Å². The Morgan fingerprint density at radius 2 is 1.86 bits per heavy atom. The maximum absolute atomic E-state index is 12.8. The van der Waals surface area contributed by atoms with Crippen molar-refractivity contribution >= 4 is 28.8 Å². The highest BCUT2D eigenvalue weighted by molar-refractivity contribution is 8.00. The normalized spacial score (nSPS) is 11.0. The van der Waals surface area contributed by atoms with Gasteiger partial charge in [0.25, 0.3) is 0 Å². The van der Waals surface area contributed by atoms with Crippen LogP contribution in [0, 0.1) is 6.92 Å². The van der Waals surface area contributed by atoms with Crippen LogP contribution in [0.4, 0.5) is 18.9 Å². The number of nitrogens with zero attached hydrogens (tertiary/aromatic N) is 1. The highest BCUT2D eigenvalue weighted by Crippen LogP contribution is 2.32. The van der Waals surface area contributed by atoms with Crippen molar-refractivity contribution in [1.29, 1.82) is 0 Å². The first-order valence-corrected chi connectivity index (χ1v) is 8.04. The number of thioether (sulfide) groups is 1. The molecule has 116 valence electrons. The summed E-state index contributed by atoms with van der Waals surface area (Å²) in [5.41, 5.74) is 11.2. The molecule has 4 N–H and O–H groups in total. The Bertz CT molecular complexity index is 609. The fourth-order valence-electron chi connectivity index (χ4n) is 1.73. The van der Waals surface area contributed by atoms with Crippen LogP contribution in [0.3, 0.4) is 0 Å². The molecule has 8 heteroatoms. The van der Waals surface area contributed by atoms with Gasteiger partial charge in [-0.1, -0.05) is 11.3 Å². The first-order chi connectivity index (χ1) is 9.84. The van der Waals surface area contributed by atoms with Gasteiger partial charge in [-0.25, -0.2) is 0 Å². The number of aromatic nitrogens is 1. The summed E-state index contributed by atoms with van der Waals surface area (Å²) in [6, 6.07) is 3.39. The van der Waals surface area contributed by atoms with E-state index in [1.54, 1.807) is 4.57 Å². The molecule has 0 aliphatic carbocycles. The standard InChI is InChI=1S/C12H12F3N2S2.CH5N/c1-7-6-19-11(18-2)17(7)10-5-8(12(13,14)15)3-4-9(10)16;1-2/h3-6H,16H2,1-2H3;2H2,1H3/q+1;. The minimum atomic E-state index is -4.37. The zero-order valence-corrected chi connectivity index (χ0v) is 13.5. The van der Waals surface area contributed by atoms with Gasteiger partial charge >= 0.3 is 10.5 Å². The van der Waals surface area contributed by atoms with E-state index in [1.807, 2.05) is 18.6 Å². The quantitative estimate of drug-likeness (QED) is 0.503. The van der Waals surface area contributed by atoms with E-state index in [-0.39, 0.29) is 0 Å². The lowest BCUT2D eigenvalue weighted by atomic mass is 10.1. The number of aryl methyl sites for hydroxylation is 1. The molecule has 0 saturated carbocycles. The Hall–Kier alpha value is -1.25. The Morgan fingerprint density at radius 1 is 1.24 bits per heavy atom. The largest absolute Gasteiger partial charge is 0.416 e. The molecule has 2 rings (SSSR count). The monoisotopic (exact) mass is 336 g/mol. The van der Waals surface area contributed by atoms with Gasteiger partial charge in [-0.3, -0.25) is 0 Å². The minimum absolute atomic E-state index is 0.329. The Morgan fingerprint density at radius 3 is 2.38 bits per heavy atom. The lowest BCUT2D eigenvalue weighted by Crippen LogP contribution is -2.35. The van der Waals surface area contributed by atoms with Gasteiger partial charge in [0.05, 0.1) is 10.9 Å². The molecule has 0 bridgehead atoms. The predicted molar refractivity (Wildman–Crippen MR) is 81.9 cm³/mol. The number of anilines is 1. The van der Waals surface area contributed by atoms with Crippen LogP contribution in [-0.2, 0) is 6.18 Å². The molecule has 1 aromatic heterocycles. The number of benzene rings is 1. The predicted octanol–water partition coefficient (Wildman–Crippen LogP) is 3.23. The van der Waals surface area contributed by atoms with Crippen molar-refractivity contribution < 1.29 is 17.7 Å². The van der Waals surface area contributed by atoms with Crippen LogP contribution in [-0.4, -0.2) is 13.3 Å². The van der Waals surface area contributed by atoms with E-state index in [0.29, 0.717) is 11.4 Å². The molecule has 0 aliphatic rings. The van der Waals surface area contributed by atoms with E-state index in [0.717, 1.165) is 22.2 Å². The second-order valence-corrected chi connectivity index (χ2v) is 5.87. The van der Waals surface area contributed by atoms with Gasteiger partial charge in [-0.15, -0.1) is 4.57 Å². The maximum Gasteiger partial charge on any atom is 0.416 e. The van der Waals surface area contributed by atoms with Gasteiger partial charge in [0.1, 0.15) is 5.69 Å². The summed E-state index contributed by atoms with van der Waals surface area (Å²) >= 11 is 2.96. The molecule has 1 heterocycles. The fraction of sp³-hybridized carbons (Fsp3) is 0.308. The lowest BCUT2D eigenvalue weighted by molar-refractivity contribution is -0.634. The van der Waals surface area contributed by atoms with E-state index < -0.39 is 11.7 Å². The van der Waals surface area contributed by atoms with Crippen molar-refractivity contribution in [1.82, 2.24) is 0 Å². The number of alkyl halides is 3. The van der Waals surface area contributed by atoms with Crippen LogP contribution >= 0.6 is 23.1 Å². The van der Waals surface area contributed by atoms with E-state index in [2.05, 4.69) is 5.73 Å². The van der Waals surface area contributed by atoms with Crippen molar-refractivity contribution in [3.63, 3.8) is 0 Å². The summed E-state index contributed by atoms with van der Waals surface area (Å²) in [6.45, 7) is 1.84. The zero-order chi connectivity index (χ0) is 16.2. The van der Waals surface area contributed by atoms with Gasteiger partial charge < -0.3 is 11.5 Å². The van der Waals surface area contributed by atoms with Gasteiger partial charge in [0.2, 0.25) is 5.69 Å². The lowest BCUT2D eigenvalue weighted by Gasteiger charge is -2.08. The molecule has 0 unspecified atom stereocenters. The van der Waals surface area contributed by atoms with E-state index in [4.69, 9.17) is 5.73 Å². The highest BCUT2D eigenvalue weighted by atomic mass is 32.2. The third-order valence-electron chi connectivity index (χ3n) is 2.64. The number of thiazole rings is 1. The Kier molecular flexibility index (Phi) is 6.06. The molecule has 3 nitrogen and oxygen atoms in total. The Balaban J connectivity index is 0.00000106. The first kappa shape index (κ1) is 17.8. The van der Waals surface area contributed by atoms with Crippen molar-refractivity contribution in [3.05, 3.63) is 34.8 Å². The second kappa shape index (κ2) is 7.15. The summed E-state index contributed by atoms with van der Waals surface area (Å²) in [5, 5.41) is 1.89. The van der Waals surface area contributed by atoms with Gasteiger partial charge in [0, 0.05) is 13.0 Å². The molecule has 1 aromatic carbocycles. The molecule has 0 atom stereocenters. The van der Waals surface area contributed by atoms with Crippen LogP contribution < -0.4 is 16.0 Å². The molecule has 0 saturated heterocycles. The fourth-order valence-corrected chi connectivity index (χ4v) is 3.41. The molecule has 0 amide bonds. The maximum atomic E-state index is 12.8. The summed E-state index contributed by atoms with van der Waals surface area (Å²) in [6.07, 6.45) is -2.49. The van der Waals surface area contributed by atoms with Crippen LogP contribution in [0.25, 0.3) is 5.69 Å². The summed E-state index contributed by atoms with van der Waals surface area (Å²) in [4.78, 5) is 0. The number of hydrogen-bond acceptors (Lipinski definition) is 4. The molecular formula is C13H17F3N3S2+. The van der Waals surface area contributed by atoms with Crippen LogP contribution in [0.2, 0.25) is 0 Å². The third-order valence-corrected chi connectivity index (χ3v) is 4.80. The van der Waals surface area contributed by atoms with E-state index in [9.17, 15) is 13.2 Å². The van der Waals surface area contributed by atoms with Crippen LogP contribution in [0.15, 0.2) is 27.9 Å². The number of halogens is 3. The van der Waals surface area contributed by atoms with E-state index in [1.165, 1.54) is 36.2 Å². The number of nitrogens with two attached hydrogens (primary N) is 2. The average molecular weight is 336 g/mol. The molecule has 21 heavy (non-hydrogen) atoms. The highest BCUT2D eigenvalue weighted by Gasteiger charge is 2.33. The molecule has 0 radical (unpaired) electrons. The Labute approximate surface area is 129 Å². The van der Waals surface area contributed by atoms with Crippen molar-refractivity contribution in [2.75, 3.05) is 19.0 Å².